The molecule has 0 spiro atoms. The standard InChI is InChI=1S/C62H106O20/c1-13-14-44(54(65)66)34(4)16-25-46(56(69)70)36(6)18-27-48(58(73)74)38(8)20-29-50(60(77)78)40(10)22-31-52(62(81)82)42(12)23-32-51(61(79)80)41(11)21-30-49(59(75)76)39(9)19-28-47(57(71)72)37(7)17-26-45(55(67)68)35(5)15-24-43(33(2)3)53(63)64/h33-52H,13-32H2,1-12H3,(H,63,64)(H,65,66)(H,67,68)(H,69,70)(H,71,72)(H,73,74)(H,75,76)(H,77,78)(H,79,80)(H,81,82). The molecule has 0 radical (unpaired) electrons. The van der Waals surface area contributed by atoms with Gasteiger partial charge in [-0.3, -0.25) is 47.9 Å². The first-order valence-electron chi connectivity index (χ1n) is 30.3. The zero-order valence-electron chi connectivity index (χ0n) is 51.2. The first-order chi connectivity index (χ1) is 38.0. The lowest BCUT2D eigenvalue weighted by Gasteiger charge is -2.28. The van der Waals surface area contributed by atoms with Gasteiger partial charge >= 0.3 is 59.7 Å². The normalized spacial score (nSPS) is 18.9. The molecule has 82 heavy (non-hydrogen) atoms. The van der Waals surface area contributed by atoms with Crippen LogP contribution in [-0.4, -0.2) is 111 Å². The molecule has 10 N–H and O–H groups in total. The lowest BCUT2D eigenvalue weighted by atomic mass is 9.76. The van der Waals surface area contributed by atoms with Gasteiger partial charge in [-0.15, -0.1) is 0 Å². The summed E-state index contributed by atoms with van der Waals surface area (Å²) in [6.45, 7) is 21.0. The zero-order chi connectivity index (χ0) is 63.5. The van der Waals surface area contributed by atoms with Crippen molar-refractivity contribution in [2.75, 3.05) is 0 Å². The van der Waals surface area contributed by atoms with E-state index in [9.17, 15) is 99.0 Å². The molecule has 20 heteroatoms. The van der Waals surface area contributed by atoms with E-state index < -0.39 is 160 Å². The molecule has 20 nitrogen and oxygen atoms in total. The molecule has 0 fully saturated rings. The van der Waals surface area contributed by atoms with Gasteiger partial charge in [0.05, 0.1) is 59.2 Å². The third-order valence-corrected chi connectivity index (χ3v) is 19.2. The average Bonchev–Trinajstić information content (AvgIpc) is 3.34. The number of rotatable bonds is 49. The number of carbonyl (C=O) groups is 10. The molecule has 0 aliphatic carbocycles. The van der Waals surface area contributed by atoms with E-state index in [1.54, 1.807) is 76.2 Å². The van der Waals surface area contributed by atoms with Crippen LogP contribution in [0.3, 0.4) is 0 Å². The van der Waals surface area contributed by atoms with Gasteiger partial charge in [0.25, 0.3) is 0 Å². The highest BCUT2D eigenvalue weighted by atomic mass is 16.4. The Balaban J connectivity index is 5.67. The molecule has 0 aromatic carbocycles. The lowest BCUT2D eigenvalue weighted by molar-refractivity contribution is -0.147. The molecule has 0 aromatic rings. The third-order valence-electron chi connectivity index (χ3n) is 19.2. The van der Waals surface area contributed by atoms with Gasteiger partial charge in [0, 0.05) is 0 Å². The monoisotopic (exact) mass is 1170 g/mol. The van der Waals surface area contributed by atoms with Gasteiger partial charge < -0.3 is 51.1 Å². The maximum absolute atomic E-state index is 12.6. The van der Waals surface area contributed by atoms with Crippen molar-refractivity contribution in [1.82, 2.24) is 0 Å². The minimum absolute atomic E-state index is 0.0897. The Bertz CT molecular complexity index is 2020. The van der Waals surface area contributed by atoms with Crippen LogP contribution in [0.5, 0.6) is 0 Å². The van der Waals surface area contributed by atoms with E-state index >= 15 is 0 Å². The molecular formula is C62H106O20. The van der Waals surface area contributed by atoms with Crippen molar-refractivity contribution < 1.29 is 99.0 Å². The molecule has 474 valence electrons. The average molecular weight is 1170 g/mol. The maximum Gasteiger partial charge on any atom is 0.306 e. The molecule has 0 aromatic heterocycles. The molecule has 0 heterocycles. The van der Waals surface area contributed by atoms with Gasteiger partial charge in [-0.1, -0.05) is 89.5 Å². The number of aliphatic carboxylic acids is 10. The van der Waals surface area contributed by atoms with Crippen molar-refractivity contribution in [2.45, 2.75) is 212 Å². The van der Waals surface area contributed by atoms with Crippen LogP contribution >= 0.6 is 0 Å². The summed E-state index contributed by atoms with van der Waals surface area (Å²) in [4.78, 5) is 124. The number of carboxylic acids is 10. The van der Waals surface area contributed by atoms with Gasteiger partial charge in [0.15, 0.2) is 0 Å². The van der Waals surface area contributed by atoms with Crippen LogP contribution in [-0.2, 0) is 47.9 Å². The summed E-state index contributed by atoms with van der Waals surface area (Å²) in [7, 11) is 0. The fourth-order valence-corrected chi connectivity index (χ4v) is 12.7. The van der Waals surface area contributed by atoms with E-state index in [1.165, 1.54) is 0 Å². The second-order valence-corrected chi connectivity index (χ2v) is 25.5. The number of hydrogen-bond donors (Lipinski definition) is 10. The smallest absolute Gasteiger partial charge is 0.306 e. The first kappa shape index (κ1) is 76.7. The second-order valence-electron chi connectivity index (χ2n) is 25.5. The van der Waals surface area contributed by atoms with E-state index in [0.29, 0.717) is 32.1 Å². The lowest BCUT2D eigenvalue weighted by Crippen LogP contribution is -2.29. The second kappa shape index (κ2) is 38.5. The van der Waals surface area contributed by atoms with E-state index in [0.717, 1.165) is 0 Å². The van der Waals surface area contributed by atoms with Crippen molar-refractivity contribution >= 4 is 59.7 Å². The zero-order valence-corrected chi connectivity index (χ0v) is 51.2. The molecule has 0 saturated heterocycles. The number of hydrogen-bond acceptors (Lipinski definition) is 10. The number of carboxylic acid groups (broad SMARTS) is 10. The van der Waals surface area contributed by atoms with Crippen molar-refractivity contribution in [3.05, 3.63) is 0 Å². The summed E-state index contributed by atoms with van der Waals surface area (Å²) < 4.78 is 0. The Labute approximate surface area is 487 Å². The topological polar surface area (TPSA) is 373 Å². The molecular weight excluding hydrogens is 1060 g/mol. The first-order valence-corrected chi connectivity index (χ1v) is 30.3. The maximum atomic E-state index is 12.6. The van der Waals surface area contributed by atoms with Gasteiger partial charge in [0.2, 0.25) is 0 Å². The molecule has 0 rings (SSSR count). The minimum atomic E-state index is -1.12. The van der Waals surface area contributed by atoms with Crippen LogP contribution in [0.4, 0.5) is 0 Å². The Hall–Kier alpha value is -5.30. The molecule has 0 aliphatic rings. The van der Waals surface area contributed by atoms with Crippen LogP contribution in [0.1, 0.15) is 212 Å². The van der Waals surface area contributed by atoms with E-state index in [2.05, 4.69) is 0 Å². The van der Waals surface area contributed by atoms with Crippen LogP contribution in [0.15, 0.2) is 0 Å². The summed E-state index contributed by atoms with van der Waals surface area (Å²) in [6, 6.07) is 0. The Morgan fingerprint density at radius 1 is 0.195 bits per heavy atom. The summed E-state index contributed by atoms with van der Waals surface area (Å²) in [5, 5.41) is 101. The molecule has 0 saturated carbocycles. The van der Waals surface area contributed by atoms with E-state index in [1.807, 2.05) is 6.92 Å². The van der Waals surface area contributed by atoms with Gasteiger partial charge in [-0.05, 0) is 181 Å². The predicted octanol–water partition coefficient (Wildman–Crippen LogP) is 12.2. The predicted molar refractivity (Wildman–Crippen MR) is 307 cm³/mol. The molecule has 0 bridgehead atoms. The minimum Gasteiger partial charge on any atom is -0.481 e. The van der Waals surface area contributed by atoms with Gasteiger partial charge in [-0.2, -0.15) is 0 Å². The summed E-state index contributed by atoms with van der Waals surface area (Å²) in [6.07, 6.45) is 4.93. The van der Waals surface area contributed by atoms with Crippen LogP contribution in [0.2, 0.25) is 0 Å². The highest BCUT2D eigenvalue weighted by Crippen LogP contribution is 2.38. The Kier molecular flexibility index (Phi) is 36.0. The largest absolute Gasteiger partial charge is 0.481 e. The summed E-state index contributed by atoms with van der Waals surface area (Å²) in [5.41, 5.74) is 0. The summed E-state index contributed by atoms with van der Waals surface area (Å²) in [5.74, 6) is -23.1. The van der Waals surface area contributed by atoms with Crippen molar-refractivity contribution in [3.63, 3.8) is 0 Å². The van der Waals surface area contributed by atoms with Crippen molar-refractivity contribution in [1.29, 1.82) is 0 Å². The summed E-state index contributed by atoms with van der Waals surface area (Å²) >= 11 is 0. The molecule has 19 unspecified atom stereocenters. The van der Waals surface area contributed by atoms with Crippen LogP contribution in [0.25, 0.3) is 0 Å². The van der Waals surface area contributed by atoms with Gasteiger partial charge in [0.1, 0.15) is 0 Å². The Morgan fingerprint density at radius 3 is 0.402 bits per heavy atom. The molecule has 0 aliphatic heterocycles. The van der Waals surface area contributed by atoms with E-state index in [-0.39, 0.29) is 114 Å². The van der Waals surface area contributed by atoms with Crippen molar-refractivity contribution in [3.8, 4) is 0 Å². The Morgan fingerprint density at radius 2 is 0.305 bits per heavy atom. The van der Waals surface area contributed by atoms with Crippen LogP contribution in [0, 0.1) is 118 Å². The fourth-order valence-electron chi connectivity index (χ4n) is 12.7. The van der Waals surface area contributed by atoms with E-state index in [4.69, 9.17) is 0 Å². The highest BCUT2D eigenvalue weighted by Gasteiger charge is 2.37. The fraction of sp³-hybridized carbons (Fsp3) is 0.839. The van der Waals surface area contributed by atoms with Gasteiger partial charge in [-0.25, -0.2) is 0 Å². The third kappa shape index (κ3) is 27.0. The van der Waals surface area contributed by atoms with Crippen LogP contribution < -0.4 is 0 Å². The SMILES string of the molecule is CCCC(C(=O)O)C(C)CCC(C(=O)O)C(C)CCC(C(=O)O)C(C)CCC(C(=O)O)C(C)CCC(C(=O)O)C(C)CCC(C(=O)O)C(C)CCC(C(=O)O)C(C)CCC(C(=O)O)C(C)CCC(C(=O)O)C(C)CCC(C(=O)O)C(C)C. The molecule has 19 atom stereocenters. The quantitative estimate of drug-likeness (QED) is 0.0270. The van der Waals surface area contributed by atoms with Crippen molar-refractivity contribution in [2.24, 2.45) is 118 Å². The highest BCUT2D eigenvalue weighted by molar-refractivity contribution is 5.74. The molecule has 0 amide bonds.